The van der Waals surface area contributed by atoms with E-state index in [1.807, 2.05) is 57.2 Å². The summed E-state index contributed by atoms with van der Waals surface area (Å²) in [7, 11) is 1.58. The van der Waals surface area contributed by atoms with Crippen molar-refractivity contribution < 1.29 is 14.3 Å². The number of hydrogen-bond donors (Lipinski definition) is 2. The van der Waals surface area contributed by atoms with E-state index in [1.54, 1.807) is 7.11 Å². The van der Waals surface area contributed by atoms with E-state index >= 15 is 0 Å². The fourth-order valence-electron chi connectivity index (χ4n) is 2.29. The highest BCUT2D eigenvalue weighted by Gasteiger charge is 2.07. The first kappa shape index (κ1) is 17.7. The van der Waals surface area contributed by atoms with Crippen LogP contribution in [-0.2, 0) is 0 Å². The molecule has 2 rings (SSSR count). The lowest BCUT2D eigenvalue weighted by atomic mass is 10.1. The molecular formula is C19H24N2O3. The summed E-state index contributed by atoms with van der Waals surface area (Å²) < 4.78 is 11.0. The quantitative estimate of drug-likeness (QED) is 0.793. The molecule has 0 aliphatic heterocycles. The van der Waals surface area contributed by atoms with Crippen molar-refractivity contribution in [3.05, 3.63) is 53.1 Å². The smallest absolute Gasteiger partial charge is 0.319 e. The van der Waals surface area contributed by atoms with E-state index in [0.29, 0.717) is 24.6 Å². The van der Waals surface area contributed by atoms with Crippen LogP contribution < -0.4 is 20.1 Å². The Hall–Kier alpha value is -2.69. The van der Waals surface area contributed by atoms with Gasteiger partial charge in [0.2, 0.25) is 0 Å². The number of urea groups is 1. The molecule has 0 aliphatic carbocycles. The number of rotatable bonds is 6. The highest BCUT2D eigenvalue weighted by molar-refractivity contribution is 5.91. The van der Waals surface area contributed by atoms with Gasteiger partial charge in [-0.25, -0.2) is 4.79 Å². The molecule has 2 amide bonds. The summed E-state index contributed by atoms with van der Waals surface area (Å²) in [6.45, 7) is 6.84. The Kier molecular flexibility index (Phi) is 6.07. The Bertz CT molecular complexity index is 714. The summed E-state index contributed by atoms with van der Waals surface area (Å²) in [5.41, 5.74) is 3.99. The maximum atomic E-state index is 12.0. The topological polar surface area (TPSA) is 59.6 Å². The average Bonchev–Trinajstić information content (AvgIpc) is 2.55. The van der Waals surface area contributed by atoms with Crippen LogP contribution in [0.15, 0.2) is 36.4 Å². The lowest BCUT2D eigenvalue weighted by Gasteiger charge is -2.13. The van der Waals surface area contributed by atoms with Crippen LogP contribution in [0, 0.1) is 20.8 Å². The monoisotopic (exact) mass is 328 g/mol. The molecule has 0 heterocycles. The zero-order chi connectivity index (χ0) is 17.5. The van der Waals surface area contributed by atoms with Gasteiger partial charge in [-0.3, -0.25) is 0 Å². The van der Waals surface area contributed by atoms with Crippen molar-refractivity contribution in [1.29, 1.82) is 0 Å². The zero-order valence-corrected chi connectivity index (χ0v) is 14.6. The lowest BCUT2D eigenvalue weighted by molar-refractivity contribution is 0.247. The van der Waals surface area contributed by atoms with Crippen LogP contribution in [0.4, 0.5) is 10.5 Å². The number of carbonyl (C=O) groups excluding carboxylic acids is 1. The molecule has 128 valence electrons. The zero-order valence-electron chi connectivity index (χ0n) is 14.6. The number of nitrogens with one attached hydrogen (secondary N) is 2. The van der Waals surface area contributed by atoms with E-state index in [4.69, 9.17) is 9.47 Å². The summed E-state index contributed by atoms with van der Waals surface area (Å²) in [5.74, 6) is 1.47. The second-order valence-electron chi connectivity index (χ2n) is 5.63. The Morgan fingerprint density at radius 1 is 1.08 bits per heavy atom. The van der Waals surface area contributed by atoms with Gasteiger partial charge < -0.3 is 20.1 Å². The minimum Gasteiger partial charge on any atom is -0.495 e. The third-order valence-electron chi connectivity index (χ3n) is 3.80. The Balaban J connectivity index is 1.82. The Morgan fingerprint density at radius 3 is 2.62 bits per heavy atom. The number of hydrogen-bond acceptors (Lipinski definition) is 3. The number of carbonyl (C=O) groups is 1. The molecule has 2 aromatic carbocycles. The first-order valence-corrected chi connectivity index (χ1v) is 7.89. The van der Waals surface area contributed by atoms with Gasteiger partial charge in [-0.05, 0) is 55.7 Å². The number of benzene rings is 2. The van der Waals surface area contributed by atoms with Crippen molar-refractivity contribution in [1.82, 2.24) is 5.32 Å². The van der Waals surface area contributed by atoms with Gasteiger partial charge in [-0.15, -0.1) is 0 Å². The molecule has 0 radical (unpaired) electrons. The maximum Gasteiger partial charge on any atom is 0.319 e. The lowest BCUT2D eigenvalue weighted by Crippen LogP contribution is -2.32. The summed E-state index contributed by atoms with van der Waals surface area (Å²) in [5, 5.41) is 5.57. The van der Waals surface area contributed by atoms with Gasteiger partial charge in [-0.2, -0.15) is 0 Å². The average molecular weight is 328 g/mol. The van der Waals surface area contributed by atoms with Crippen molar-refractivity contribution in [3.8, 4) is 11.5 Å². The van der Waals surface area contributed by atoms with Crippen molar-refractivity contribution in [2.45, 2.75) is 20.8 Å². The van der Waals surface area contributed by atoms with Crippen LogP contribution in [0.5, 0.6) is 11.5 Å². The van der Waals surface area contributed by atoms with Crippen LogP contribution in [0.25, 0.3) is 0 Å². The number of methoxy groups -OCH3 is 1. The second kappa shape index (κ2) is 8.24. The van der Waals surface area contributed by atoms with Gasteiger partial charge in [0.25, 0.3) is 0 Å². The van der Waals surface area contributed by atoms with E-state index in [1.165, 1.54) is 5.56 Å². The van der Waals surface area contributed by atoms with Gasteiger partial charge in [-0.1, -0.05) is 18.2 Å². The van der Waals surface area contributed by atoms with E-state index in [9.17, 15) is 4.79 Å². The molecule has 2 N–H and O–H groups in total. The molecule has 0 unspecified atom stereocenters. The Morgan fingerprint density at radius 2 is 1.88 bits per heavy atom. The largest absolute Gasteiger partial charge is 0.495 e. The van der Waals surface area contributed by atoms with Gasteiger partial charge in [0.1, 0.15) is 18.1 Å². The van der Waals surface area contributed by atoms with Crippen molar-refractivity contribution in [2.24, 2.45) is 0 Å². The summed E-state index contributed by atoms with van der Waals surface area (Å²) in [4.78, 5) is 12.0. The molecule has 0 aromatic heterocycles. The van der Waals surface area contributed by atoms with E-state index in [-0.39, 0.29) is 6.03 Å². The number of anilines is 1. The maximum absolute atomic E-state index is 12.0. The normalized spacial score (nSPS) is 10.2. The highest BCUT2D eigenvalue weighted by atomic mass is 16.5. The van der Waals surface area contributed by atoms with E-state index in [2.05, 4.69) is 10.6 Å². The molecule has 0 saturated heterocycles. The second-order valence-corrected chi connectivity index (χ2v) is 5.63. The number of ether oxygens (including phenoxy) is 2. The molecule has 5 heteroatoms. The van der Waals surface area contributed by atoms with Crippen molar-refractivity contribution in [3.63, 3.8) is 0 Å². The standard InChI is InChI=1S/C19H24N2O3/c1-13-8-9-18(23-4)16(12-13)21-19(22)20-10-11-24-17-7-5-6-14(2)15(17)3/h5-9,12H,10-11H2,1-4H3,(H2,20,21,22). The molecule has 2 aromatic rings. The van der Waals surface area contributed by atoms with Gasteiger partial charge >= 0.3 is 6.03 Å². The van der Waals surface area contributed by atoms with Crippen molar-refractivity contribution in [2.75, 3.05) is 25.6 Å². The number of aryl methyl sites for hydroxylation is 2. The third-order valence-corrected chi connectivity index (χ3v) is 3.80. The molecule has 0 spiro atoms. The van der Waals surface area contributed by atoms with Crippen LogP contribution in [0.1, 0.15) is 16.7 Å². The first-order valence-electron chi connectivity index (χ1n) is 7.89. The van der Waals surface area contributed by atoms with Gasteiger partial charge in [0.05, 0.1) is 19.3 Å². The van der Waals surface area contributed by atoms with Crippen LogP contribution in [-0.4, -0.2) is 26.3 Å². The summed E-state index contributed by atoms with van der Waals surface area (Å²) in [6.07, 6.45) is 0. The molecular weight excluding hydrogens is 304 g/mol. The van der Waals surface area contributed by atoms with Crippen LogP contribution in [0.3, 0.4) is 0 Å². The third kappa shape index (κ3) is 4.65. The van der Waals surface area contributed by atoms with Gasteiger partial charge in [0.15, 0.2) is 0 Å². The first-order chi connectivity index (χ1) is 11.5. The Labute approximate surface area is 143 Å². The molecule has 24 heavy (non-hydrogen) atoms. The number of amides is 2. The molecule has 0 fully saturated rings. The van der Waals surface area contributed by atoms with E-state index in [0.717, 1.165) is 16.9 Å². The van der Waals surface area contributed by atoms with Gasteiger partial charge in [0, 0.05) is 0 Å². The van der Waals surface area contributed by atoms with Crippen LogP contribution in [0.2, 0.25) is 0 Å². The summed E-state index contributed by atoms with van der Waals surface area (Å²) >= 11 is 0. The summed E-state index contributed by atoms with van der Waals surface area (Å²) in [6, 6.07) is 11.3. The van der Waals surface area contributed by atoms with Crippen LogP contribution >= 0.6 is 0 Å². The predicted octanol–water partition coefficient (Wildman–Crippen LogP) is 3.82. The van der Waals surface area contributed by atoms with Crippen molar-refractivity contribution >= 4 is 11.7 Å². The molecule has 0 saturated carbocycles. The molecule has 5 nitrogen and oxygen atoms in total. The molecule has 0 atom stereocenters. The fraction of sp³-hybridized carbons (Fsp3) is 0.316. The highest BCUT2D eigenvalue weighted by Crippen LogP contribution is 2.25. The fourth-order valence-corrected chi connectivity index (χ4v) is 2.29. The van der Waals surface area contributed by atoms with E-state index < -0.39 is 0 Å². The minimum absolute atomic E-state index is 0.288. The minimum atomic E-state index is -0.288. The predicted molar refractivity (Wildman–Crippen MR) is 96.2 cm³/mol. The SMILES string of the molecule is COc1ccc(C)cc1NC(=O)NCCOc1cccc(C)c1C. The molecule has 0 bridgehead atoms. The molecule has 0 aliphatic rings.